The lowest BCUT2D eigenvalue weighted by molar-refractivity contribution is -0.870. The quantitative estimate of drug-likeness (QED) is 0.0215. The van der Waals surface area contributed by atoms with Gasteiger partial charge in [0.1, 0.15) is 19.8 Å². The Labute approximate surface area is 294 Å². The number of likely N-dealkylation sites (N-methyl/N-ethyl adjacent to an activating group) is 1. The van der Waals surface area contributed by atoms with Crippen LogP contribution in [0, 0.1) is 0 Å². The molecule has 0 saturated carbocycles. The fourth-order valence-corrected chi connectivity index (χ4v) is 5.68. The molecule has 0 aromatic carbocycles. The molecule has 0 aliphatic carbocycles. The van der Waals surface area contributed by atoms with Gasteiger partial charge in [-0.25, -0.2) is 0 Å². The number of esters is 2. The van der Waals surface area contributed by atoms with E-state index in [0.717, 1.165) is 25.7 Å². The Morgan fingerprint density at radius 2 is 1.17 bits per heavy atom. The molecule has 0 bridgehead atoms. The second-order valence-electron chi connectivity index (χ2n) is 13.9. The third-order valence-electron chi connectivity index (χ3n) is 7.94. The van der Waals surface area contributed by atoms with Crippen molar-refractivity contribution in [1.82, 2.24) is 0 Å². The predicted molar refractivity (Wildman–Crippen MR) is 194 cm³/mol. The smallest absolute Gasteiger partial charge is 0.306 e. The minimum Gasteiger partial charge on any atom is -0.756 e. The number of rotatable bonds is 34. The molecule has 0 aromatic heterocycles. The van der Waals surface area contributed by atoms with Crippen molar-refractivity contribution in [2.24, 2.45) is 0 Å². The zero-order valence-corrected chi connectivity index (χ0v) is 32.3. The summed E-state index contributed by atoms with van der Waals surface area (Å²) in [6.45, 7) is 3.81. The summed E-state index contributed by atoms with van der Waals surface area (Å²) in [4.78, 5) is 36.4. The van der Waals surface area contributed by atoms with Crippen molar-refractivity contribution in [2.75, 3.05) is 47.5 Å². The SMILES string of the molecule is CCCCCCC/C=C\C/C=C\CCCCCCCCCCCCCC(=O)OC(COC(=O)CCC)COP(=O)([O-])OCC[N+](C)(C)C. The standard InChI is InChI=1S/C38H72NO8P/c1-6-8-9-10-11-12-13-14-15-16-17-18-19-20-21-22-23-24-25-26-27-28-29-31-38(41)47-36(34-44-37(40)30-7-2)35-46-48(42,43)45-33-32-39(3,4)5/h13-14,16-17,36H,6-12,15,18-35H2,1-5H3/b14-13-,17-16-. The van der Waals surface area contributed by atoms with Crippen LogP contribution in [0.25, 0.3) is 0 Å². The first-order valence-electron chi connectivity index (χ1n) is 19.0. The summed E-state index contributed by atoms with van der Waals surface area (Å²) in [6, 6.07) is 0. The van der Waals surface area contributed by atoms with Crippen LogP contribution >= 0.6 is 7.82 Å². The average Bonchev–Trinajstić information content (AvgIpc) is 3.02. The Bertz CT molecular complexity index is 886. The molecule has 0 rings (SSSR count). The van der Waals surface area contributed by atoms with E-state index in [2.05, 4.69) is 31.2 Å². The molecule has 0 aliphatic rings. The van der Waals surface area contributed by atoms with Crippen LogP contribution in [0.2, 0.25) is 0 Å². The second kappa shape index (κ2) is 31.5. The highest BCUT2D eigenvalue weighted by Crippen LogP contribution is 2.38. The maximum atomic E-state index is 12.4. The van der Waals surface area contributed by atoms with Crippen molar-refractivity contribution >= 4 is 19.8 Å². The molecular formula is C38H72NO8P. The van der Waals surface area contributed by atoms with Gasteiger partial charge in [0.15, 0.2) is 6.10 Å². The van der Waals surface area contributed by atoms with Crippen molar-refractivity contribution in [3.8, 4) is 0 Å². The molecule has 0 amide bonds. The molecule has 0 heterocycles. The highest BCUT2D eigenvalue weighted by atomic mass is 31.2. The summed E-state index contributed by atoms with van der Waals surface area (Å²) in [5.74, 6) is -0.897. The van der Waals surface area contributed by atoms with Gasteiger partial charge in [-0.2, -0.15) is 0 Å². The van der Waals surface area contributed by atoms with Gasteiger partial charge in [-0.1, -0.05) is 122 Å². The second-order valence-corrected chi connectivity index (χ2v) is 15.4. The number of nitrogens with zero attached hydrogens (tertiary/aromatic N) is 1. The molecule has 0 aromatic rings. The van der Waals surface area contributed by atoms with Gasteiger partial charge in [0.25, 0.3) is 7.82 Å². The third kappa shape index (κ3) is 34.4. The molecule has 9 nitrogen and oxygen atoms in total. The number of carbonyl (C=O) groups is 2. The van der Waals surface area contributed by atoms with Crippen LogP contribution in [0.1, 0.15) is 155 Å². The zero-order valence-electron chi connectivity index (χ0n) is 31.4. The molecule has 0 radical (unpaired) electrons. The third-order valence-corrected chi connectivity index (χ3v) is 8.91. The number of phosphoric ester groups is 1. The van der Waals surface area contributed by atoms with Gasteiger partial charge in [0, 0.05) is 12.8 Å². The Morgan fingerprint density at radius 1 is 0.646 bits per heavy atom. The first-order valence-corrected chi connectivity index (χ1v) is 20.5. The molecule has 282 valence electrons. The van der Waals surface area contributed by atoms with E-state index in [-0.39, 0.29) is 26.1 Å². The molecule has 0 spiro atoms. The van der Waals surface area contributed by atoms with Crippen LogP contribution in [0.15, 0.2) is 24.3 Å². The summed E-state index contributed by atoms with van der Waals surface area (Å²) in [5.41, 5.74) is 0. The summed E-state index contributed by atoms with van der Waals surface area (Å²) >= 11 is 0. The molecule has 0 fully saturated rings. The van der Waals surface area contributed by atoms with Gasteiger partial charge in [-0.3, -0.25) is 14.2 Å². The van der Waals surface area contributed by atoms with Crippen molar-refractivity contribution in [3.63, 3.8) is 0 Å². The predicted octanol–water partition coefficient (Wildman–Crippen LogP) is 9.38. The zero-order chi connectivity index (χ0) is 35.8. The Kier molecular flexibility index (Phi) is 30.5. The molecule has 10 heteroatoms. The van der Waals surface area contributed by atoms with Gasteiger partial charge < -0.3 is 27.9 Å². The maximum Gasteiger partial charge on any atom is 0.306 e. The molecule has 0 N–H and O–H groups in total. The fourth-order valence-electron chi connectivity index (χ4n) is 4.96. The number of unbranched alkanes of at least 4 members (excludes halogenated alkanes) is 16. The first-order chi connectivity index (χ1) is 23.0. The summed E-state index contributed by atoms with van der Waals surface area (Å²) in [7, 11) is 1.16. The molecule has 0 saturated heterocycles. The van der Waals surface area contributed by atoms with Crippen LogP contribution in [-0.4, -0.2) is 70.0 Å². The number of carbonyl (C=O) groups excluding carboxylic acids is 2. The van der Waals surface area contributed by atoms with E-state index in [1.165, 1.54) is 89.9 Å². The molecular weight excluding hydrogens is 629 g/mol. The number of allylic oxidation sites excluding steroid dienone is 4. The van der Waals surface area contributed by atoms with Gasteiger partial charge in [0.05, 0.1) is 27.7 Å². The minimum atomic E-state index is -4.59. The van der Waals surface area contributed by atoms with Crippen molar-refractivity contribution in [2.45, 2.75) is 161 Å². The van der Waals surface area contributed by atoms with Crippen LogP contribution in [0.3, 0.4) is 0 Å². The van der Waals surface area contributed by atoms with Crippen LogP contribution in [0.4, 0.5) is 0 Å². The van der Waals surface area contributed by atoms with Crippen molar-refractivity contribution < 1.29 is 42.1 Å². The van der Waals surface area contributed by atoms with E-state index in [4.69, 9.17) is 18.5 Å². The largest absolute Gasteiger partial charge is 0.756 e. The fraction of sp³-hybridized carbons (Fsp3) is 0.842. The Hall–Kier alpha value is -1.51. The average molecular weight is 702 g/mol. The summed E-state index contributed by atoms with van der Waals surface area (Å²) < 4.78 is 33.1. The van der Waals surface area contributed by atoms with Crippen LogP contribution in [0.5, 0.6) is 0 Å². The molecule has 0 aliphatic heterocycles. The minimum absolute atomic E-state index is 0.0315. The Morgan fingerprint density at radius 3 is 1.69 bits per heavy atom. The highest BCUT2D eigenvalue weighted by molar-refractivity contribution is 7.45. The number of quaternary nitrogens is 1. The lowest BCUT2D eigenvalue weighted by Crippen LogP contribution is -2.37. The molecule has 2 unspecified atom stereocenters. The van der Waals surface area contributed by atoms with Crippen molar-refractivity contribution in [3.05, 3.63) is 24.3 Å². The van der Waals surface area contributed by atoms with Gasteiger partial charge >= 0.3 is 11.9 Å². The first kappa shape index (κ1) is 46.5. The van der Waals surface area contributed by atoms with E-state index in [1.54, 1.807) is 0 Å². The van der Waals surface area contributed by atoms with E-state index in [9.17, 15) is 19.0 Å². The lowest BCUT2D eigenvalue weighted by atomic mass is 10.0. The van der Waals surface area contributed by atoms with E-state index >= 15 is 0 Å². The lowest BCUT2D eigenvalue weighted by Gasteiger charge is -2.28. The number of ether oxygens (including phenoxy) is 2. The molecule has 48 heavy (non-hydrogen) atoms. The van der Waals surface area contributed by atoms with Gasteiger partial charge in [-0.15, -0.1) is 0 Å². The number of hydrogen-bond acceptors (Lipinski definition) is 8. The summed E-state index contributed by atoms with van der Waals surface area (Å²) in [6.07, 6.45) is 32.4. The maximum absolute atomic E-state index is 12.4. The highest BCUT2D eigenvalue weighted by Gasteiger charge is 2.21. The van der Waals surface area contributed by atoms with Crippen LogP contribution in [-0.2, 0) is 32.7 Å². The van der Waals surface area contributed by atoms with Gasteiger partial charge in [-0.05, 0) is 44.9 Å². The van der Waals surface area contributed by atoms with E-state index in [1.807, 2.05) is 28.1 Å². The van der Waals surface area contributed by atoms with E-state index in [0.29, 0.717) is 23.9 Å². The number of phosphoric acid groups is 1. The topological polar surface area (TPSA) is 111 Å². The number of hydrogen-bond donors (Lipinski definition) is 0. The monoisotopic (exact) mass is 701 g/mol. The normalized spacial score (nSPS) is 14.0. The van der Waals surface area contributed by atoms with Crippen molar-refractivity contribution in [1.29, 1.82) is 0 Å². The molecule has 2 atom stereocenters. The van der Waals surface area contributed by atoms with Crippen LogP contribution < -0.4 is 4.89 Å². The van der Waals surface area contributed by atoms with E-state index < -0.39 is 32.5 Å². The van der Waals surface area contributed by atoms with Gasteiger partial charge in [0.2, 0.25) is 0 Å². The Balaban J connectivity index is 3.94. The summed E-state index contributed by atoms with van der Waals surface area (Å²) in [5, 5.41) is 0.